The zero-order valence-electron chi connectivity index (χ0n) is 10.7. The van der Waals surface area contributed by atoms with Crippen molar-refractivity contribution in [1.29, 1.82) is 0 Å². The lowest BCUT2D eigenvalue weighted by molar-refractivity contribution is 0.0594. The summed E-state index contributed by atoms with van der Waals surface area (Å²) in [6.45, 7) is 3.14. The number of ether oxygens (including phenoxy) is 1. The van der Waals surface area contributed by atoms with Gasteiger partial charge in [-0.25, -0.2) is 9.78 Å². The van der Waals surface area contributed by atoms with Gasteiger partial charge in [-0.2, -0.15) is 0 Å². The van der Waals surface area contributed by atoms with Crippen LogP contribution in [0.3, 0.4) is 0 Å². The van der Waals surface area contributed by atoms with E-state index in [1.165, 1.54) is 7.11 Å². The minimum absolute atomic E-state index is 0.109. The monoisotopic (exact) mass is 250 g/mol. The summed E-state index contributed by atoms with van der Waals surface area (Å²) in [6.07, 6.45) is 2.64. The summed E-state index contributed by atoms with van der Waals surface area (Å²) in [7, 11) is 1.34. The van der Waals surface area contributed by atoms with E-state index in [4.69, 9.17) is 0 Å². The molecule has 0 bridgehead atoms. The average Bonchev–Trinajstić information content (AvgIpc) is 2.79. The third-order valence-corrected chi connectivity index (χ3v) is 3.54. The molecule has 98 valence electrons. The van der Waals surface area contributed by atoms with E-state index in [2.05, 4.69) is 21.5 Å². The Bertz CT molecular complexity index is 436. The summed E-state index contributed by atoms with van der Waals surface area (Å²) in [5.41, 5.74) is 1.21. The third kappa shape index (κ3) is 2.31. The molecule has 0 aliphatic carbocycles. The van der Waals surface area contributed by atoms with E-state index < -0.39 is 5.97 Å². The van der Waals surface area contributed by atoms with Crippen LogP contribution in [0.2, 0.25) is 0 Å². The number of pyridine rings is 1. The molecule has 0 spiro atoms. The van der Waals surface area contributed by atoms with Crippen LogP contribution < -0.4 is 4.90 Å². The summed E-state index contributed by atoms with van der Waals surface area (Å²) in [5.74, 6) is 0.00869. The molecule has 0 amide bonds. The Kier molecular flexibility index (Phi) is 3.81. The van der Waals surface area contributed by atoms with Crippen LogP contribution in [0.15, 0.2) is 18.3 Å². The van der Waals surface area contributed by atoms with Crippen molar-refractivity contribution in [2.24, 2.45) is 5.92 Å². The van der Waals surface area contributed by atoms with Crippen LogP contribution in [-0.2, 0) is 4.74 Å². The van der Waals surface area contributed by atoms with Gasteiger partial charge in [0.05, 0.1) is 19.8 Å². The topological polar surface area (TPSA) is 62.7 Å². The molecule has 0 saturated carbocycles. The van der Waals surface area contributed by atoms with Gasteiger partial charge in [0.25, 0.3) is 0 Å². The van der Waals surface area contributed by atoms with Crippen LogP contribution in [0.25, 0.3) is 0 Å². The van der Waals surface area contributed by atoms with Gasteiger partial charge in [0.1, 0.15) is 5.69 Å². The van der Waals surface area contributed by atoms with Gasteiger partial charge in [-0.15, -0.1) is 0 Å². The number of hydrogen-bond donors (Lipinski definition) is 1. The van der Waals surface area contributed by atoms with E-state index in [1.54, 1.807) is 12.3 Å². The molecule has 1 fully saturated rings. The number of aromatic nitrogens is 1. The second-order valence-corrected chi connectivity index (χ2v) is 4.60. The predicted octanol–water partition coefficient (Wildman–Crippen LogP) is 1.08. The summed E-state index contributed by atoms with van der Waals surface area (Å²) in [5, 5.41) is 9.44. The van der Waals surface area contributed by atoms with E-state index >= 15 is 0 Å². The van der Waals surface area contributed by atoms with Gasteiger partial charge in [-0.1, -0.05) is 6.92 Å². The highest BCUT2D eigenvalue weighted by atomic mass is 16.5. The zero-order valence-corrected chi connectivity index (χ0v) is 10.7. The highest BCUT2D eigenvalue weighted by molar-refractivity contribution is 5.88. The summed E-state index contributed by atoms with van der Waals surface area (Å²) < 4.78 is 4.66. The van der Waals surface area contributed by atoms with Crippen molar-refractivity contribution in [2.45, 2.75) is 19.4 Å². The SMILES string of the molecule is COC(=O)c1cc(N2CCC(C)C2CO)ccn1. The Morgan fingerprint density at radius 3 is 3.11 bits per heavy atom. The Balaban J connectivity index is 2.26. The van der Waals surface area contributed by atoms with Gasteiger partial charge >= 0.3 is 5.97 Å². The van der Waals surface area contributed by atoms with E-state index in [9.17, 15) is 9.90 Å². The molecule has 18 heavy (non-hydrogen) atoms. The molecule has 1 N–H and O–H groups in total. The molecule has 2 unspecified atom stereocenters. The van der Waals surface area contributed by atoms with Crippen LogP contribution >= 0.6 is 0 Å². The molecule has 1 aromatic rings. The molecule has 0 aromatic carbocycles. The van der Waals surface area contributed by atoms with E-state index in [1.807, 2.05) is 6.07 Å². The smallest absolute Gasteiger partial charge is 0.356 e. The van der Waals surface area contributed by atoms with E-state index in [-0.39, 0.29) is 12.6 Å². The minimum Gasteiger partial charge on any atom is -0.464 e. The summed E-state index contributed by atoms with van der Waals surface area (Å²) in [6, 6.07) is 3.68. The first-order valence-electron chi connectivity index (χ1n) is 6.09. The van der Waals surface area contributed by atoms with Gasteiger partial charge in [0.2, 0.25) is 0 Å². The third-order valence-electron chi connectivity index (χ3n) is 3.54. The number of rotatable bonds is 3. The van der Waals surface area contributed by atoms with Crippen molar-refractivity contribution in [3.05, 3.63) is 24.0 Å². The van der Waals surface area contributed by atoms with Crippen LogP contribution in [0, 0.1) is 5.92 Å². The molecule has 2 heterocycles. The Morgan fingerprint density at radius 1 is 1.67 bits per heavy atom. The second kappa shape index (κ2) is 5.35. The first kappa shape index (κ1) is 12.8. The second-order valence-electron chi connectivity index (χ2n) is 4.60. The molecule has 2 atom stereocenters. The van der Waals surface area contributed by atoms with Gasteiger partial charge in [0, 0.05) is 18.4 Å². The molecule has 1 aliphatic rings. The van der Waals surface area contributed by atoms with Gasteiger partial charge < -0.3 is 14.7 Å². The van der Waals surface area contributed by atoms with Crippen molar-refractivity contribution >= 4 is 11.7 Å². The van der Waals surface area contributed by atoms with Crippen LogP contribution in [0.1, 0.15) is 23.8 Å². The van der Waals surface area contributed by atoms with Crippen LogP contribution in [-0.4, -0.2) is 42.4 Å². The van der Waals surface area contributed by atoms with Gasteiger partial charge in [0.15, 0.2) is 0 Å². The lowest BCUT2D eigenvalue weighted by Gasteiger charge is -2.27. The molecule has 1 saturated heterocycles. The van der Waals surface area contributed by atoms with Crippen molar-refractivity contribution in [1.82, 2.24) is 4.98 Å². The molecule has 5 nitrogen and oxygen atoms in total. The number of hydrogen-bond acceptors (Lipinski definition) is 5. The summed E-state index contributed by atoms with van der Waals surface area (Å²) in [4.78, 5) is 17.6. The van der Waals surface area contributed by atoms with Gasteiger partial charge in [-0.3, -0.25) is 0 Å². The van der Waals surface area contributed by atoms with Crippen LogP contribution in [0.5, 0.6) is 0 Å². The number of methoxy groups -OCH3 is 1. The Labute approximate surface area is 106 Å². The molecule has 5 heteroatoms. The fourth-order valence-electron chi connectivity index (χ4n) is 2.42. The van der Waals surface area contributed by atoms with Crippen molar-refractivity contribution < 1.29 is 14.6 Å². The highest BCUT2D eigenvalue weighted by Crippen LogP contribution is 2.29. The number of aliphatic hydroxyl groups is 1. The lowest BCUT2D eigenvalue weighted by Crippen LogP contribution is -2.35. The Morgan fingerprint density at radius 2 is 2.44 bits per heavy atom. The largest absolute Gasteiger partial charge is 0.464 e. The molecular formula is C13H18N2O3. The van der Waals surface area contributed by atoms with Crippen molar-refractivity contribution in [3.8, 4) is 0 Å². The minimum atomic E-state index is -0.440. The van der Waals surface area contributed by atoms with E-state index in [0.29, 0.717) is 11.6 Å². The molecule has 2 rings (SSSR count). The number of anilines is 1. The fraction of sp³-hybridized carbons (Fsp3) is 0.538. The predicted molar refractivity (Wildman–Crippen MR) is 67.6 cm³/mol. The van der Waals surface area contributed by atoms with E-state index in [0.717, 1.165) is 18.7 Å². The number of carbonyl (C=O) groups excluding carboxylic acids is 1. The quantitative estimate of drug-likeness (QED) is 0.813. The molecule has 1 aromatic heterocycles. The normalized spacial score (nSPS) is 23.2. The highest BCUT2D eigenvalue weighted by Gasteiger charge is 2.30. The molecule has 1 aliphatic heterocycles. The van der Waals surface area contributed by atoms with Crippen LogP contribution in [0.4, 0.5) is 5.69 Å². The first-order chi connectivity index (χ1) is 8.67. The lowest BCUT2D eigenvalue weighted by atomic mass is 10.0. The maximum absolute atomic E-state index is 11.4. The molecule has 0 radical (unpaired) electrons. The molecular weight excluding hydrogens is 232 g/mol. The standard InChI is InChI=1S/C13H18N2O3/c1-9-4-6-15(12(9)8-16)10-3-5-14-11(7-10)13(17)18-2/h3,5,7,9,12,16H,4,6,8H2,1-2H3. The number of carbonyl (C=O) groups is 1. The maximum atomic E-state index is 11.4. The maximum Gasteiger partial charge on any atom is 0.356 e. The van der Waals surface area contributed by atoms with Crippen molar-refractivity contribution in [3.63, 3.8) is 0 Å². The fourth-order valence-corrected chi connectivity index (χ4v) is 2.42. The number of esters is 1. The number of aliphatic hydroxyl groups excluding tert-OH is 1. The van der Waals surface area contributed by atoms with Gasteiger partial charge in [-0.05, 0) is 24.5 Å². The number of nitrogens with zero attached hydrogens (tertiary/aromatic N) is 2. The summed E-state index contributed by atoms with van der Waals surface area (Å²) >= 11 is 0. The Hall–Kier alpha value is -1.62. The van der Waals surface area contributed by atoms with Crippen molar-refractivity contribution in [2.75, 3.05) is 25.2 Å². The average molecular weight is 250 g/mol. The first-order valence-corrected chi connectivity index (χ1v) is 6.09. The zero-order chi connectivity index (χ0) is 13.1.